The van der Waals surface area contributed by atoms with Crippen LogP contribution >= 0.6 is 34.2 Å². The number of ether oxygens (including phenoxy) is 1. The molecule has 1 aromatic carbocycles. The maximum absolute atomic E-state index is 6.27. The smallest absolute Gasteiger partial charge is 0.128 e. The molecule has 1 aromatic heterocycles. The van der Waals surface area contributed by atoms with Crippen molar-refractivity contribution in [2.24, 2.45) is 0 Å². The Hall–Kier alpha value is -0.330. The Kier molecular flexibility index (Phi) is 5.09. The normalized spacial score (nSPS) is 14.8. The molecule has 0 amide bonds. The molecule has 2 unspecified atom stereocenters. The van der Waals surface area contributed by atoms with Crippen molar-refractivity contribution < 1.29 is 4.74 Å². The van der Waals surface area contributed by atoms with Crippen LogP contribution in [-0.2, 0) is 4.74 Å². The fourth-order valence-electron chi connectivity index (χ4n) is 2.20. The van der Waals surface area contributed by atoms with Crippen molar-refractivity contribution in [2.75, 3.05) is 13.2 Å². The number of alkyl halides is 1. The number of hydrogen-bond acceptors (Lipinski definition) is 2. The Morgan fingerprint density at radius 1 is 1.42 bits per heavy atom. The van der Waals surface area contributed by atoms with Crippen molar-refractivity contribution in [1.82, 2.24) is 9.55 Å². The van der Waals surface area contributed by atoms with E-state index in [1.54, 1.807) is 0 Å². The van der Waals surface area contributed by atoms with Crippen LogP contribution in [0.5, 0.6) is 0 Å². The van der Waals surface area contributed by atoms with Crippen molar-refractivity contribution in [2.45, 2.75) is 32.2 Å². The Morgan fingerprint density at radius 2 is 2.16 bits per heavy atom. The van der Waals surface area contributed by atoms with Gasteiger partial charge in [-0.25, -0.2) is 4.98 Å². The number of halogens is 2. The van der Waals surface area contributed by atoms with Crippen LogP contribution in [0.3, 0.4) is 0 Å². The predicted molar refractivity (Wildman–Crippen MR) is 87.9 cm³/mol. The van der Waals surface area contributed by atoms with Gasteiger partial charge in [0.25, 0.3) is 0 Å². The number of hydrogen-bond donors (Lipinski definition) is 0. The average Bonchev–Trinajstić information content (AvgIpc) is 2.74. The third-order valence-corrected chi connectivity index (χ3v) is 3.90. The van der Waals surface area contributed by atoms with E-state index in [-0.39, 0.29) is 11.4 Å². The first-order chi connectivity index (χ1) is 9.04. The summed E-state index contributed by atoms with van der Waals surface area (Å²) in [6.45, 7) is 7.49. The monoisotopic (exact) mass is 392 g/mol. The summed E-state index contributed by atoms with van der Waals surface area (Å²) >= 11 is 8.57. The first-order valence-corrected chi connectivity index (χ1v) is 7.95. The van der Waals surface area contributed by atoms with Gasteiger partial charge in [0.2, 0.25) is 0 Å². The van der Waals surface area contributed by atoms with Crippen LogP contribution in [0, 0.1) is 3.57 Å². The quantitative estimate of drug-likeness (QED) is 0.552. The Labute approximate surface area is 132 Å². The lowest BCUT2D eigenvalue weighted by molar-refractivity contribution is 0.119. The fraction of sp³-hybridized carbons (Fsp3) is 0.500. The lowest BCUT2D eigenvalue weighted by atomic mass is 10.2. The molecule has 0 spiro atoms. The maximum atomic E-state index is 6.27. The molecule has 1 heterocycles. The molecule has 0 aliphatic rings. The van der Waals surface area contributed by atoms with Crippen molar-refractivity contribution in [3.8, 4) is 0 Å². The van der Waals surface area contributed by atoms with Gasteiger partial charge < -0.3 is 9.30 Å². The Bertz CT molecular complexity index is 568. The minimum atomic E-state index is -0.117. The number of benzene rings is 1. The standard InChI is InChI=1S/C14H18ClIN2O/c1-4-19-8-9(2)18-13-6-5-11(16)7-12(13)17-14(18)10(3)15/h5-7,9-10H,4,8H2,1-3H3. The van der Waals surface area contributed by atoms with Gasteiger partial charge in [0, 0.05) is 10.2 Å². The zero-order chi connectivity index (χ0) is 14.0. The van der Waals surface area contributed by atoms with E-state index in [1.165, 1.54) is 3.57 Å². The van der Waals surface area contributed by atoms with Crippen LogP contribution in [0.15, 0.2) is 18.2 Å². The SMILES string of the molecule is CCOCC(C)n1c(C(C)Cl)nc2cc(I)ccc21. The van der Waals surface area contributed by atoms with Gasteiger partial charge in [0.15, 0.2) is 0 Å². The summed E-state index contributed by atoms with van der Waals surface area (Å²) < 4.78 is 8.91. The summed E-state index contributed by atoms with van der Waals surface area (Å²) in [5.74, 6) is 0.908. The average molecular weight is 393 g/mol. The molecule has 2 rings (SSSR count). The number of rotatable bonds is 5. The van der Waals surface area contributed by atoms with E-state index >= 15 is 0 Å². The van der Waals surface area contributed by atoms with Gasteiger partial charge in [0.05, 0.1) is 29.1 Å². The summed E-state index contributed by atoms with van der Waals surface area (Å²) in [5.41, 5.74) is 2.12. The lowest BCUT2D eigenvalue weighted by Gasteiger charge is -2.18. The number of aromatic nitrogens is 2. The van der Waals surface area contributed by atoms with E-state index in [2.05, 4.69) is 57.3 Å². The van der Waals surface area contributed by atoms with Gasteiger partial charge in [-0.1, -0.05) is 0 Å². The molecule has 2 atom stereocenters. The minimum Gasteiger partial charge on any atom is -0.380 e. The van der Waals surface area contributed by atoms with Gasteiger partial charge in [-0.15, -0.1) is 11.6 Å². The molecule has 0 bridgehead atoms. The summed E-state index contributed by atoms with van der Waals surface area (Å²) in [6.07, 6.45) is 0. The predicted octanol–water partition coefficient (Wildman–Crippen LogP) is 4.54. The minimum absolute atomic E-state index is 0.117. The van der Waals surface area contributed by atoms with Crippen LogP contribution in [0.2, 0.25) is 0 Å². The molecular formula is C14H18ClIN2O. The molecule has 0 N–H and O–H groups in total. The van der Waals surface area contributed by atoms with E-state index in [9.17, 15) is 0 Å². The molecule has 0 radical (unpaired) electrons. The molecule has 104 valence electrons. The first-order valence-electron chi connectivity index (χ1n) is 6.43. The molecule has 0 fully saturated rings. The highest BCUT2D eigenvalue weighted by atomic mass is 127. The summed E-state index contributed by atoms with van der Waals surface area (Å²) in [5, 5.41) is -0.117. The van der Waals surface area contributed by atoms with Crippen LogP contribution in [0.4, 0.5) is 0 Å². The Morgan fingerprint density at radius 3 is 2.79 bits per heavy atom. The van der Waals surface area contributed by atoms with Crippen molar-refractivity contribution in [1.29, 1.82) is 0 Å². The second kappa shape index (κ2) is 6.41. The van der Waals surface area contributed by atoms with E-state index in [1.807, 2.05) is 13.8 Å². The third-order valence-electron chi connectivity index (χ3n) is 3.04. The summed E-state index contributed by atoms with van der Waals surface area (Å²) in [7, 11) is 0. The van der Waals surface area contributed by atoms with Crippen LogP contribution < -0.4 is 0 Å². The number of imidazole rings is 1. The fourth-order valence-corrected chi connectivity index (χ4v) is 2.83. The van der Waals surface area contributed by atoms with E-state index in [0.29, 0.717) is 6.61 Å². The third kappa shape index (κ3) is 3.23. The topological polar surface area (TPSA) is 27.1 Å². The summed E-state index contributed by atoms with van der Waals surface area (Å²) in [4.78, 5) is 4.67. The van der Waals surface area contributed by atoms with Crippen LogP contribution in [-0.4, -0.2) is 22.8 Å². The van der Waals surface area contributed by atoms with Gasteiger partial charge in [0.1, 0.15) is 5.82 Å². The van der Waals surface area contributed by atoms with Crippen LogP contribution in [0.1, 0.15) is 38.0 Å². The second-order valence-corrected chi connectivity index (χ2v) is 6.50. The number of nitrogens with zero attached hydrogens (tertiary/aromatic N) is 2. The van der Waals surface area contributed by atoms with Gasteiger partial charge >= 0.3 is 0 Å². The molecule has 0 aliphatic heterocycles. The molecule has 0 saturated heterocycles. The van der Waals surface area contributed by atoms with Crippen molar-refractivity contribution in [3.63, 3.8) is 0 Å². The zero-order valence-electron chi connectivity index (χ0n) is 11.4. The van der Waals surface area contributed by atoms with Crippen molar-refractivity contribution >= 4 is 45.2 Å². The molecular weight excluding hydrogens is 375 g/mol. The van der Waals surface area contributed by atoms with Crippen LogP contribution in [0.25, 0.3) is 11.0 Å². The largest absolute Gasteiger partial charge is 0.380 e. The molecule has 2 aromatic rings. The van der Waals surface area contributed by atoms with Gasteiger partial charge in [-0.05, 0) is 61.6 Å². The Balaban J connectivity index is 2.51. The van der Waals surface area contributed by atoms with Gasteiger partial charge in [-0.3, -0.25) is 0 Å². The molecule has 0 aliphatic carbocycles. The second-order valence-electron chi connectivity index (χ2n) is 4.60. The highest BCUT2D eigenvalue weighted by molar-refractivity contribution is 14.1. The molecule has 3 nitrogen and oxygen atoms in total. The lowest BCUT2D eigenvalue weighted by Crippen LogP contribution is -2.15. The zero-order valence-corrected chi connectivity index (χ0v) is 14.3. The van der Waals surface area contributed by atoms with Crippen molar-refractivity contribution in [3.05, 3.63) is 27.6 Å². The van der Waals surface area contributed by atoms with E-state index in [4.69, 9.17) is 16.3 Å². The maximum Gasteiger partial charge on any atom is 0.128 e. The summed E-state index contributed by atoms with van der Waals surface area (Å²) in [6, 6.07) is 6.51. The molecule has 19 heavy (non-hydrogen) atoms. The first kappa shape index (κ1) is 15.1. The highest BCUT2D eigenvalue weighted by Crippen LogP contribution is 2.29. The number of fused-ring (bicyclic) bond motifs is 1. The molecule has 5 heteroatoms. The highest BCUT2D eigenvalue weighted by Gasteiger charge is 2.19. The van der Waals surface area contributed by atoms with E-state index in [0.717, 1.165) is 23.5 Å². The van der Waals surface area contributed by atoms with Gasteiger partial charge in [-0.2, -0.15) is 0 Å². The van der Waals surface area contributed by atoms with E-state index < -0.39 is 0 Å². The molecule has 0 saturated carbocycles.